The predicted molar refractivity (Wildman–Crippen MR) is 252 cm³/mol. The van der Waals surface area contributed by atoms with Crippen LogP contribution in [-0.2, 0) is 29.5 Å². The van der Waals surface area contributed by atoms with Crippen LogP contribution in [0.1, 0.15) is 95.3 Å². The summed E-state index contributed by atoms with van der Waals surface area (Å²) in [5, 5.41) is 15.0. The van der Waals surface area contributed by atoms with Crippen molar-refractivity contribution in [2.24, 2.45) is 5.92 Å². The van der Waals surface area contributed by atoms with Crippen LogP contribution in [0.5, 0.6) is 0 Å². The van der Waals surface area contributed by atoms with E-state index < -0.39 is 47.7 Å². The fraction of sp³-hybridized carbons (Fsp3) is 0.521. The lowest BCUT2D eigenvalue weighted by atomic mass is 9.91. The lowest BCUT2D eigenvalue weighted by Crippen LogP contribution is -2.52. The molecule has 5 amide bonds. The number of carbonyl (C=O) groups excluding carboxylic acids is 5. The van der Waals surface area contributed by atoms with E-state index in [9.17, 15) is 24.0 Å². The number of piperidine rings is 3. The normalized spacial score (nSPS) is 19.6. The Morgan fingerprint density at radius 1 is 0.831 bits per heavy atom. The van der Waals surface area contributed by atoms with E-state index >= 15 is 8.78 Å². The van der Waals surface area contributed by atoms with E-state index in [2.05, 4.69) is 25.8 Å². The van der Waals surface area contributed by atoms with Crippen LogP contribution >= 0.6 is 0 Å². The number of nitrogen functional groups attached to an aromatic ring is 1. The first-order chi connectivity index (χ1) is 34.1. The quantitative estimate of drug-likeness (QED) is 0.162. The Balaban J connectivity index is 0.675. The molecule has 0 bridgehead atoms. The Hall–Kier alpha value is -7.33. The maximum absolute atomic E-state index is 15.3. The van der Waals surface area contributed by atoms with E-state index in [0.717, 1.165) is 30.5 Å². The average molecular weight is 979 g/mol. The maximum Gasteiger partial charge on any atom is 0.410 e. The largest absolute Gasteiger partial charge is 0.439 e. The van der Waals surface area contributed by atoms with Crippen LogP contribution in [0.4, 0.5) is 30.8 Å². The highest BCUT2D eigenvalue weighted by Crippen LogP contribution is 2.48. The van der Waals surface area contributed by atoms with Crippen molar-refractivity contribution in [3.05, 3.63) is 53.8 Å². The number of fused-ring (bicyclic) bond motifs is 1. The number of benzene rings is 1. The van der Waals surface area contributed by atoms with Crippen LogP contribution in [0.3, 0.4) is 0 Å². The van der Waals surface area contributed by atoms with Crippen molar-refractivity contribution >= 4 is 57.9 Å². The molecule has 5 aliphatic rings. The molecule has 71 heavy (non-hydrogen) atoms. The van der Waals surface area contributed by atoms with Gasteiger partial charge in [-0.2, -0.15) is 5.10 Å². The highest BCUT2D eigenvalue weighted by molar-refractivity contribution is 6.02. The van der Waals surface area contributed by atoms with Crippen molar-refractivity contribution in [3.63, 3.8) is 0 Å². The molecule has 8 heterocycles. The summed E-state index contributed by atoms with van der Waals surface area (Å²) < 4.78 is 43.8. The molecule has 4 aliphatic heterocycles. The molecular formula is C48H56F2N14O7. The van der Waals surface area contributed by atoms with E-state index in [4.69, 9.17) is 30.1 Å². The molecule has 1 atom stereocenters. The standard InChI is InChI=1S/C48H56F2N14O7/c1-48(2,3)64-44-37(42(51)54-25-55-44)38(58-64)39-36(41(71-59-39)27-4-5-27)43-52-22-29(23-53-43)26-8-14-63(15-9-26)47(69)70-24-35(66)60-12-10-28(11-13-60)46(68)62-18-16-61(17-19-62)40-31(49)20-30(21-32(40)50)56-33-6-7-34(65)57-45(33)67/h20-23,25-28,33,56H,4-19,24H2,1-3H3,(H2,51,54,55)(H,57,65,67). The van der Waals surface area contributed by atoms with Gasteiger partial charge in [0.1, 0.15) is 35.3 Å². The molecule has 1 saturated carbocycles. The van der Waals surface area contributed by atoms with Gasteiger partial charge in [-0.05, 0) is 89.3 Å². The number of halogens is 2. The van der Waals surface area contributed by atoms with Crippen molar-refractivity contribution in [3.8, 4) is 22.8 Å². The van der Waals surface area contributed by atoms with E-state index in [0.29, 0.717) is 91.4 Å². The fourth-order valence-corrected chi connectivity index (χ4v) is 10.1. The summed E-state index contributed by atoms with van der Waals surface area (Å²) in [6.45, 7) is 8.15. The van der Waals surface area contributed by atoms with E-state index in [1.165, 1.54) is 6.33 Å². The summed E-state index contributed by atoms with van der Waals surface area (Å²) in [6.07, 6.45) is 8.93. The zero-order valence-corrected chi connectivity index (χ0v) is 39.8. The third-order valence-corrected chi connectivity index (χ3v) is 14.2. The van der Waals surface area contributed by atoms with Gasteiger partial charge in [0.2, 0.25) is 17.7 Å². The summed E-state index contributed by atoms with van der Waals surface area (Å²) in [5.74, 6) is -1.52. The zero-order chi connectivity index (χ0) is 49.7. The number of carbonyl (C=O) groups is 5. The number of hydrogen-bond acceptors (Lipinski definition) is 16. The molecular weight excluding hydrogens is 923 g/mol. The Kier molecular flexibility index (Phi) is 12.7. The van der Waals surface area contributed by atoms with Crippen LogP contribution in [0.2, 0.25) is 0 Å². The Labute approximate surface area is 406 Å². The van der Waals surface area contributed by atoms with Crippen molar-refractivity contribution in [1.82, 2.24) is 54.9 Å². The number of hydrogen-bond donors (Lipinski definition) is 3. The van der Waals surface area contributed by atoms with Crippen molar-refractivity contribution in [2.75, 3.05) is 74.9 Å². The van der Waals surface area contributed by atoms with Crippen LogP contribution in [0.15, 0.2) is 35.4 Å². The third kappa shape index (κ3) is 9.64. The van der Waals surface area contributed by atoms with Gasteiger partial charge in [-0.25, -0.2) is 38.2 Å². The highest BCUT2D eigenvalue weighted by Gasteiger charge is 2.38. The number of nitrogens with zero attached hydrogens (tertiary/aromatic N) is 11. The first-order valence-corrected chi connectivity index (χ1v) is 24.3. The third-order valence-electron chi connectivity index (χ3n) is 14.2. The van der Waals surface area contributed by atoms with Gasteiger partial charge in [-0.1, -0.05) is 5.16 Å². The first-order valence-electron chi connectivity index (χ1n) is 24.3. The Morgan fingerprint density at radius 3 is 2.15 bits per heavy atom. The number of imide groups is 1. The van der Waals surface area contributed by atoms with Gasteiger partial charge in [0.15, 0.2) is 35.5 Å². The Bertz CT molecular complexity index is 2850. The highest BCUT2D eigenvalue weighted by atomic mass is 19.1. The van der Waals surface area contributed by atoms with Gasteiger partial charge in [-0.15, -0.1) is 0 Å². The minimum Gasteiger partial charge on any atom is -0.439 e. The van der Waals surface area contributed by atoms with Crippen LogP contribution in [0, 0.1) is 17.6 Å². The molecule has 4 saturated heterocycles. The number of amides is 5. The number of ether oxygens (including phenoxy) is 1. The number of rotatable bonds is 10. The lowest BCUT2D eigenvalue weighted by molar-refractivity contribution is -0.142. The Morgan fingerprint density at radius 2 is 1.51 bits per heavy atom. The molecule has 1 aliphatic carbocycles. The molecule has 0 spiro atoms. The molecule has 5 aromatic rings. The summed E-state index contributed by atoms with van der Waals surface area (Å²) in [6, 6.07) is 1.46. The predicted octanol–water partition coefficient (Wildman–Crippen LogP) is 4.55. The van der Waals surface area contributed by atoms with Gasteiger partial charge < -0.3 is 39.9 Å². The monoisotopic (exact) mass is 978 g/mol. The van der Waals surface area contributed by atoms with Crippen LogP contribution < -0.4 is 21.3 Å². The summed E-state index contributed by atoms with van der Waals surface area (Å²) in [7, 11) is 0. The summed E-state index contributed by atoms with van der Waals surface area (Å²) >= 11 is 0. The molecule has 4 N–H and O–H groups in total. The second-order valence-corrected chi connectivity index (χ2v) is 20.0. The number of anilines is 3. The molecule has 21 nitrogen and oxygen atoms in total. The first kappa shape index (κ1) is 47.4. The van der Waals surface area contributed by atoms with Crippen molar-refractivity contribution < 1.29 is 42.0 Å². The smallest absolute Gasteiger partial charge is 0.410 e. The number of aromatic nitrogens is 7. The van der Waals surface area contributed by atoms with Crippen LogP contribution in [0.25, 0.3) is 33.8 Å². The number of piperazine rings is 1. The second kappa shape index (κ2) is 19.1. The molecule has 0 radical (unpaired) electrons. The minimum absolute atomic E-state index is 0.0677. The van der Waals surface area contributed by atoms with E-state index in [1.54, 1.807) is 19.6 Å². The van der Waals surface area contributed by atoms with Crippen LogP contribution in [-0.4, -0.2) is 144 Å². The zero-order valence-electron chi connectivity index (χ0n) is 39.8. The number of likely N-dealkylation sites (tertiary alicyclic amines) is 2. The maximum atomic E-state index is 15.3. The summed E-state index contributed by atoms with van der Waals surface area (Å²) in [5.41, 5.74) is 9.04. The molecule has 374 valence electrons. The molecule has 1 aromatic carbocycles. The van der Waals surface area contributed by atoms with E-state index in [-0.39, 0.29) is 85.8 Å². The number of nitrogens with one attached hydrogen (secondary N) is 2. The van der Waals surface area contributed by atoms with Gasteiger partial charge in [0.25, 0.3) is 5.91 Å². The molecule has 4 aromatic heterocycles. The molecule has 10 rings (SSSR count). The molecule has 5 fully saturated rings. The average Bonchev–Trinajstić information content (AvgIpc) is 3.98. The van der Waals surface area contributed by atoms with Gasteiger partial charge >= 0.3 is 6.09 Å². The molecule has 23 heteroatoms. The van der Waals surface area contributed by atoms with Gasteiger partial charge in [-0.3, -0.25) is 24.5 Å². The van der Waals surface area contributed by atoms with E-state index in [1.807, 2.05) is 37.8 Å². The SMILES string of the molecule is CC(C)(C)n1nc(-c2noc(C3CC3)c2-c2ncc(C3CCN(C(=O)OCC(=O)N4CCC(C(=O)N5CCN(c6c(F)cc(NC7CCC(=O)NC7=O)cc6F)CC5)CC4)CC3)cn2)c2c(N)ncnc21. The second-order valence-electron chi connectivity index (χ2n) is 20.0. The van der Waals surface area contributed by atoms with Gasteiger partial charge in [0, 0.05) is 88.7 Å². The summed E-state index contributed by atoms with van der Waals surface area (Å²) in [4.78, 5) is 88.2. The van der Waals surface area contributed by atoms with Crippen molar-refractivity contribution in [1.29, 1.82) is 0 Å². The van der Waals surface area contributed by atoms with Gasteiger partial charge in [0.05, 0.1) is 16.5 Å². The topological polar surface area (TPSA) is 253 Å². The lowest BCUT2D eigenvalue weighted by Gasteiger charge is -2.39. The minimum atomic E-state index is -0.804. The fourth-order valence-electron chi connectivity index (χ4n) is 10.1. The molecule has 1 unspecified atom stereocenters. The number of nitrogens with two attached hydrogens (primary N) is 1. The van der Waals surface area contributed by atoms with Crippen molar-refractivity contribution in [2.45, 2.75) is 95.6 Å².